The summed E-state index contributed by atoms with van der Waals surface area (Å²) in [7, 11) is 1.37. The van der Waals surface area contributed by atoms with Gasteiger partial charge in [-0.05, 0) is 24.5 Å². The minimum Gasteiger partial charge on any atom is -0.467 e. The molecule has 0 saturated heterocycles. The molecule has 0 radical (unpaired) electrons. The molecular weight excluding hydrogens is 346 g/mol. The lowest BCUT2D eigenvalue weighted by atomic mass is 9.81. The molecule has 8 nitrogen and oxygen atoms in total. The first-order valence-electron chi connectivity index (χ1n) is 9.36. The topological polar surface area (TPSA) is 99.0 Å². The number of hydrogen-bond acceptors (Lipinski definition) is 6. The van der Waals surface area contributed by atoms with Crippen molar-refractivity contribution in [1.29, 1.82) is 0 Å². The maximum absolute atomic E-state index is 12.4. The second kappa shape index (κ2) is 8.75. The second-order valence-corrected chi connectivity index (χ2v) is 6.86. The van der Waals surface area contributed by atoms with E-state index in [1.54, 1.807) is 0 Å². The third-order valence-electron chi connectivity index (χ3n) is 4.91. The monoisotopic (exact) mass is 371 g/mol. The molecule has 8 heteroatoms. The van der Waals surface area contributed by atoms with Crippen LogP contribution in [-0.4, -0.2) is 44.7 Å². The van der Waals surface area contributed by atoms with Crippen LogP contribution < -0.4 is 5.32 Å². The van der Waals surface area contributed by atoms with Crippen LogP contribution in [0.5, 0.6) is 0 Å². The average Bonchev–Trinajstić information content (AvgIpc) is 3.17. The molecule has 1 aromatic carbocycles. The highest BCUT2D eigenvalue weighted by atomic mass is 16.5. The largest absolute Gasteiger partial charge is 0.467 e. The van der Waals surface area contributed by atoms with E-state index in [2.05, 4.69) is 20.7 Å². The fraction of sp³-hybridized carbons (Fsp3) is 0.526. The van der Waals surface area contributed by atoms with Gasteiger partial charge in [0.2, 0.25) is 11.7 Å². The Hall–Kier alpha value is -2.77. The minimum atomic E-state index is -0.865. The Morgan fingerprint density at radius 1 is 1.19 bits per heavy atom. The summed E-state index contributed by atoms with van der Waals surface area (Å²) in [6.45, 7) is 0.485. The molecule has 1 saturated carbocycles. The molecule has 0 unspecified atom stereocenters. The number of amides is 1. The first-order valence-corrected chi connectivity index (χ1v) is 9.36. The molecule has 1 amide bonds. The Balaban J connectivity index is 1.51. The molecule has 3 rings (SSSR count). The van der Waals surface area contributed by atoms with E-state index in [0.29, 0.717) is 38.1 Å². The Kier molecular flexibility index (Phi) is 6.16. The van der Waals surface area contributed by atoms with Crippen molar-refractivity contribution in [2.45, 2.75) is 57.0 Å². The Morgan fingerprint density at radius 2 is 1.93 bits per heavy atom. The zero-order valence-corrected chi connectivity index (χ0v) is 15.6. The molecule has 27 heavy (non-hydrogen) atoms. The van der Waals surface area contributed by atoms with Gasteiger partial charge in [-0.1, -0.05) is 49.6 Å². The zero-order chi connectivity index (χ0) is 19.1. The lowest BCUT2D eigenvalue weighted by Crippen LogP contribution is -2.56. The van der Waals surface area contributed by atoms with E-state index in [1.807, 2.05) is 30.3 Å². The number of esters is 1. The number of nitrogens with one attached hydrogen (secondary N) is 1. The van der Waals surface area contributed by atoms with Crippen LogP contribution in [0.3, 0.4) is 0 Å². The number of benzene rings is 1. The van der Waals surface area contributed by atoms with Gasteiger partial charge in [0.25, 0.3) is 0 Å². The average molecular weight is 371 g/mol. The molecule has 144 valence electrons. The summed E-state index contributed by atoms with van der Waals surface area (Å²) in [5.41, 5.74) is 0.0367. The van der Waals surface area contributed by atoms with Crippen LogP contribution in [-0.2, 0) is 20.9 Å². The smallest absolute Gasteiger partial charge is 0.331 e. The van der Waals surface area contributed by atoms with Gasteiger partial charge in [0.05, 0.1) is 13.7 Å². The number of methoxy groups -OCH3 is 1. The van der Waals surface area contributed by atoms with Crippen molar-refractivity contribution in [2.24, 2.45) is 0 Å². The SMILES string of the molecule is COC(=O)C1(NC(=O)CCCn2nnc(-c3ccccc3)n2)CCCCC1. The molecule has 1 aliphatic rings. The van der Waals surface area contributed by atoms with Crippen LogP contribution in [0.15, 0.2) is 30.3 Å². The first-order chi connectivity index (χ1) is 13.1. The molecule has 0 spiro atoms. The summed E-state index contributed by atoms with van der Waals surface area (Å²) in [4.78, 5) is 26.0. The lowest BCUT2D eigenvalue weighted by molar-refractivity contribution is -0.152. The highest BCUT2D eigenvalue weighted by molar-refractivity contribution is 5.88. The van der Waals surface area contributed by atoms with Gasteiger partial charge in [0, 0.05) is 12.0 Å². The normalized spacial score (nSPS) is 15.9. The molecule has 1 fully saturated rings. The quantitative estimate of drug-likeness (QED) is 0.749. The number of ether oxygens (including phenoxy) is 1. The third-order valence-corrected chi connectivity index (χ3v) is 4.91. The Labute approximate surface area is 158 Å². The molecular formula is C19H25N5O3. The second-order valence-electron chi connectivity index (χ2n) is 6.86. The van der Waals surface area contributed by atoms with Crippen molar-refractivity contribution < 1.29 is 14.3 Å². The van der Waals surface area contributed by atoms with Crippen molar-refractivity contribution in [1.82, 2.24) is 25.5 Å². The summed E-state index contributed by atoms with van der Waals surface area (Å²) in [5, 5.41) is 15.3. The minimum absolute atomic E-state index is 0.148. The maximum atomic E-state index is 12.4. The van der Waals surface area contributed by atoms with E-state index in [0.717, 1.165) is 24.8 Å². The van der Waals surface area contributed by atoms with Crippen molar-refractivity contribution in [3.63, 3.8) is 0 Å². The van der Waals surface area contributed by atoms with Gasteiger partial charge in [-0.25, -0.2) is 4.79 Å². The molecule has 0 bridgehead atoms. The van der Waals surface area contributed by atoms with Gasteiger partial charge in [0.1, 0.15) is 5.54 Å². The fourth-order valence-corrected chi connectivity index (χ4v) is 3.48. The number of hydrogen-bond donors (Lipinski definition) is 1. The Morgan fingerprint density at radius 3 is 2.63 bits per heavy atom. The number of nitrogens with zero attached hydrogens (tertiary/aromatic N) is 4. The number of carbonyl (C=O) groups is 2. The Bertz CT molecular complexity index is 769. The van der Waals surface area contributed by atoms with E-state index < -0.39 is 5.54 Å². The molecule has 1 aliphatic carbocycles. The third kappa shape index (κ3) is 4.69. The number of aromatic nitrogens is 4. The fourth-order valence-electron chi connectivity index (χ4n) is 3.48. The van der Waals surface area contributed by atoms with Crippen LogP contribution in [0.4, 0.5) is 0 Å². The van der Waals surface area contributed by atoms with Crippen molar-refractivity contribution in [2.75, 3.05) is 7.11 Å². The van der Waals surface area contributed by atoms with Crippen LogP contribution in [0.25, 0.3) is 11.4 Å². The standard InChI is InChI=1S/C19H25N5O3/c1-27-18(26)19(12-6-3-7-13-19)20-16(25)11-8-14-24-22-17(21-23-24)15-9-4-2-5-10-15/h2,4-5,9-10H,3,6-8,11-14H2,1H3,(H,20,25). The first kappa shape index (κ1) is 19.0. The number of aryl methyl sites for hydroxylation is 1. The summed E-state index contributed by atoms with van der Waals surface area (Å²) >= 11 is 0. The number of carbonyl (C=O) groups excluding carboxylic acids is 2. The van der Waals surface area contributed by atoms with E-state index in [1.165, 1.54) is 11.9 Å². The van der Waals surface area contributed by atoms with Gasteiger partial charge >= 0.3 is 5.97 Å². The van der Waals surface area contributed by atoms with Crippen molar-refractivity contribution >= 4 is 11.9 Å². The summed E-state index contributed by atoms with van der Waals surface area (Å²) in [6, 6.07) is 9.61. The lowest BCUT2D eigenvalue weighted by Gasteiger charge is -2.35. The van der Waals surface area contributed by atoms with Crippen LogP contribution >= 0.6 is 0 Å². The van der Waals surface area contributed by atoms with Crippen LogP contribution in [0, 0.1) is 0 Å². The molecule has 1 N–H and O–H groups in total. The van der Waals surface area contributed by atoms with E-state index in [4.69, 9.17) is 4.74 Å². The highest BCUT2D eigenvalue weighted by Crippen LogP contribution is 2.29. The van der Waals surface area contributed by atoms with E-state index in [9.17, 15) is 9.59 Å². The highest BCUT2D eigenvalue weighted by Gasteiger charge is 2.41. The van der Waals surface area contributed by atoms with E-state index in [-0.39, 0.29) is 11.9 Å². The van der Waals surface area contributed by atoms with Gasteiger partial charge < -0.3 is 10.1 Å². The zero-order valence-electron chi connectivity index (χ0n) is 15.6. The predicted molar refractivity (Wildman–Crippen MR) is 98.5 cm³/mol. The molecule has 0 aliphatic heterocycles. The van der Waals surface area contributed by atoms with Gasteiger partial charge in [-0.2, -0.15) is 4.80 Å². The summed E-state index contributed by atoms with van der Waals surface area (Å²) in [6.07, 6.45) is 5.04. The molecule has 1 aromatic heterocycles. The number of tetrazole rings is 1. The predicted octanol–water partition coefficient (Wildman–Crippen LogP) is 2.11. The van der Waals surface area contributed by atoms with Gasteiger partial charge in [0.15, 0.2) is 0 Å². The number of rotatable bonds is 7. The van der Waals surface area contributed by atoms with Crippen LogP contribution in [0.1, 0.15) is 44.9 Å². The van der Waals surface area contributed by atoms with E-state index >= 15 is 0 Å². The maximum Gasteiger partial charge on any atom is 0.331 e. The summed E-state index contributed by atoms with van der Waals surface area (Å²) in [5.74, 6) is 0.0681. The molecule has 1 heterocycles. The van der Waals surface area contributed by atoms with Crippen molar-refractivity contribution in [3.8, 4) is 11.4 Å². The van der Waals surface area contributed by atoms with Crippen LogP contribution in [0.2, 0.25) is 0 Å². The van der Waals surface area contributed by atoms with Crippen molar-refractivity contribution in [3.05, 3.63) is 30.3 Å². The molecule has 0 atom stereocenters. The van der Waals surface area contributed by atoms with Gasteiger partial charge in [-0.15, -0.1) is 10.2 Å². The van der Waals surface area contributed by atoms with Gasteiger partial charge in [-0.3, -0.25) is 4.79 Å². The molecule has 2 aromatic rings. The summed E-state index contributed by atoms with van der Waals surface area (Å²) < 4.78 is 4.93.